The van der Waals surface area contributed by atoms with Crippen molar-refractivity contribution in [1.29, 1.82) is 0 Å². The predicted octanol–water partition coefficient (Wildman–Crippen LogP) is 2.74. The van der Waals surface area contributed by atoms with Gasteiger partial charge in [0.15, 0.2) is 12.2 Å². The second kappa shape index (κ2) is 3.76. The Morgan fingerprint density at radius 3 is 3.18 bits per heavy atom. The van der Waals surface area contributed by atoms with Crippen LogP contribution in [0.5, 0.6) is 0 Å². The zero-order chi connectivity index (χ0) is 8.10. The van der Waals surface area contributed by atoms with Crippen LogP contribution in [0.25, 0.3) is 12.2 Å². The summed E-state index contributed by atoms with van der Waals surface area (Å²) in [5.74, 6) is 0.731. The van der Waals surface area contributed by atoms with Crippen molar-refractivity contribution in [3.63, 3.8) is 0 Å². The van der Waals surface area contributed by atoms with Crippen molar-refractivity contribution in [3.05, 3.63) is 30.5 Å². The molecule has 58 valence electrons. The molecule has 1 aromatic rings. The molecule has 0 aliphatic rings. The second-order valence-electron chi connectivity index (χ2n) is 2.12. The fourth-order valence-electron chi connectivity index (χ4n) is 0.771. The van der Waals surface area contributed by atoms with E-state index in [0.717, 1.165) is 17.9 Å². The van der Waals surface area contributed by atoms with Crippen LogP contribution in [0.2, 0.25) is 0 Å². The summed E-state index contributed by atoms with van der Waals surface area (Å²) in [6, 6.07) is 0. The van der Waals surface area contributed by atoms with E-state index in [9.17, 15) is 0 Å². The highest BCUT2D eigenvalue weighted by Crippen LogP contribution is 2.09. The van der Waals surface area contributed by atoms with Crippen molar-refractivity contribution >= 4 is 12.2 Å². The fraction of sp³-hybridized carbons (Fsp3) is 0.222. The van der Waals surface area contributed by atoms with Gasteiger partial charge in [-0.1, -0.05) is 19.6 Å². The first-order valence-electron chi connectivity index (χ1n) is 3.61. The van der Waals surface area contributed by atoms with E-state index in [2.05, 4.69) is 18.5 Å². The highest BCUT2D eigenvalue weighted by atomic mass is 16.3. The third-order valence-electron chi connectivity index (χ3n) is 1.32. The maximum absolute atomic E-state index is 5.03. The molecule has 0 atom stereocenters. The van der Waals surface area contributed by atoms with E-state index in [1.165, 1.54) is 6.39 Å². The molecular formula is C9H11NO. The van der Waals surface area contributed by atoms with Crippen LogP contribution < -0.4 is 0 Å². The number of allylic oxidation sites excluding steroid dienone is 1. The molecule has 0 saturated carbocycles. The number of rotatable bonds is 3. The van der Waals surface area contributed by atoms with Crippen molar-refractivity contribution in [2.45, 2.75) is 13.3 Å². The number of nitrogens with zero attached hydrogens (tertiary/aromatic N) is 1. The maximum atomic E-state index is 5.03. The average molecular weight is 149 g/mol. The summed E-state index contributed by atoms with van der Waals surface area (Å²) in [6.07, 6.45) is 8.05. The molecule has 0 spiro atoms. The Morgan fingerprint density at radius 1 is 1.73 bits per heavy atom. The van der Waals surface area contributed by atoms with Gasteiger partial charge in [0, 0.05) is 0 Å². The van der Waals surface area contributed by atoms with Crippen molar-refractivity contribution < 1.29 is 4.42 Å². The summed E-state index contributed by atoms with van der Waals surface area (Å²) in [5, 5.41) is 0. The average Bonchev–Trinajstić information content (AvgIpc) is 2.47. The normalized spacial score (nSPS) is 10.6. The molecule has 0 fully saturated rings. The third-order valence-corrected chi connectivity index (χ3v) is 1.32. The van der Waals surface area contributed by atoms with Crippen LogP contribution >= 0.6 is 0 Å². The Bertz CT molecular complexity index is 260. The zero-order valence-electron chi connectivity index (χ0n) is 6.58. The first-order chi connectivity index (χ1) is 5.38. The lowest BCUT2D eigenvalue weighted by Gasteiger charge is -1.84. The van der Waals surface area contributed by atoms with Gasteiger partial charge in [0.25, 0.3) is 0 Å². The molecule has 0 N–H and O–H groups in total. The van der Waals surface area contributed by atoms with Crippen LogP contribution in [0.4, 0.5) is 0 Å². The zero-order valence-corrected chi connectivity index (χ0v) is 6.58. The van der Waals surface area contributed by atoms with Gasteiger partial charge in [0.2, 0.25) is 0 Å². The Morgan fingerprint density at radius 2 is 2.55 bits per heavy atom. The van der Waals surface area contributed by atoms with E-state index < -0.39 is 0 Å². The molecule has 1 aromatic heterocycles. The number of oxazole rings is 1. The van der Waals surface area contributed by atoms with Crippen LogP contribution in [0.3, 0.4) is 0 Å². The van der Waals surface area contributed by atoms with E-state index in [1.807, 2.05) is 12.2 Å². The van der Waals surface area contributed by atoms with Gasteiger partial charge >= 0.3 is 0 Å². The van der Waals surface area contributed by atoms with Gasteiger partial charge < -0.3 is 4.42 Å². The van der Waals surface area contributed by atoms with Gasteiger partial charge in [-0.25, -0.2) is 4.98 Å². The summed E-state index contributed by atoms with van der Waals surface area (Å²) in [6.45, 7) is 5.68. The van der Waals surface area contributed by atoms with Crippen molar-refractivity contribution in [2.24, 2.45) is 0 Å². The lowest BCUT2D eigenvalue weighted by atomic mass is 10.3. The molecule has 0 aliphatic heterocycles. The van der Waals surface area contributed by atoms with Gasteiger partial charge in [-0.2, -0.15) is 0 Å². The molecule has 0 bridgehead atoms. The SMILES string of the molecule is C=Cc1ocnc1/C=C\CC. The van der Waals surface area contributed by atoms with Crippen LogP contribution in [0.1, 0.15) is 24.8 Å². The topological polar surface area (TPSA) is 26.0 Å². The van der Waals surface area contributed by atoms with Crippen LogP contribution in [0.15, 0.2) is 23.5 Å². The summed E-state index contributed by atoms with van der Waals surface area (Å²) in [4.78, 5) is 4.00. The van der Waals surface area contributed by atoms with Gasteiger partial charge in [0.1, 0.15) is 5.69 Å². The van der Waals surface area contributed by atoms with Crippen molar-refractivity contribution in [1.82, 2.24) is 4.98 Å². The predicted molar refractivity (Wildman–Crippen MR) is 45.9 cm³/mol. The maximum Gasteiger partial charge on any atom is 0.181 e. The Kier molecular flexibility index (Phi) is 2.66. The van der Waals surface area contributed by atoms with Gasteiger partial charge in [-0.05, 0) is 18.6 Å². The lowest BCUT2D eigenvalue weighted by molar-refractivity contribution is 0.548. The fourth-order valence-corrected chi connectivity index (χ4v) is 0.771. The Hall–Kier alpha value is -1.31. The molecule has 0 amide bonds. The molecule has 2 heteroatoms. The molecule has 11 heavy (non-hydrogen) atoms. The molecule has 0 aliphatic carbocycles. The molecule has 0 radical (unpaired) electrons. The summed E-state index contributed by atoms with van der Waals surface area (Å²) < 4.78 is 5.03. The largest absolute Gasteiger partial charge is 0.444 e. The summed E-state index contributed by atoms with van der Waals surface area (Å²) >= 11 is 0. The highest BCUT2D eigenvalue weighted by Gasteiger charge is 1.97. The third kappa shape index (κ3) is 1.80. The van der Waals surface area contributed by atoms with E-state index in [0.29, 0.717) is 0 Å². The van der Waals surface area contributed by atoms with Crippen molar-refractivity contribution in [3.8, 4) is 0 Å². The standard InChI is InChI=1S/C9H11NO/c1-3-5-6-8-9(4-2)11-7-10-8/h4-7H,2-3H2,1H3/b6-5-. The molecule has 0 saturated heterocycles. The second-order valence-corrected chi connectivity index (χ2v) is 2.12. The smallest absolute Gasteiger partial charge is 0.181 e. The highest BCUT2D eigenvalue weighted by molar-refractivity contribution is 5.56. The van der Waals surface area contributed by atoms with Crippen LogP contribution in [-0.2, 0) is 0 Å². The summed E-state index contributed by atoms with van der Waals surface area (Å²) in [7, 11) is 0. The van der Waals surface area contributed by atoms with Gasteiger partial charge in [-0.15, -0.1) is 0 Å². The first kappa shape index (κ1) is 7.79. The molecule has 1 rings (SSSR count). The molecular weight excluding hydrogens is 138 g/mol. The molecule has 0 aromatic carbocycles. The van der Waals surface area contributed by atoms with E-state index in [1.54, 1.807) is 6.08 Å². The number of aromatic nitrogens is 1. The monoisotopic (exact) mass is 149 g/mol. The summed E-state index contributed by atoms with van der Waals surface area (Å²) in [5.41, 5.74) is 0.849. The molecule has 0 unspecified atom stereocenters. The van der Waals surface area contributed by atoms with Crippen LogP contribution in [-0.4, -0.2) is 4.98 Å². The minimum atomic E-state index is 0.731. The van der Waals surface area contributed by atoms with E-state index in [4.69, 9.17) is 4.42 Å². The quantitative estimate of drug-likeness (QED) is 0.660. The van der Waals surface area contributed by atoms with E-state index >= 15 is 0 Å². The molecule has 1 heterocycles. The molecule has 2 nitrogen and oxygen atoms in total. The minimum absolute atomic E-state index is 0.731. The van der Waals surface area contributed by atoms with Gasteiger partial charge in [-0.3, -0.25) is 0 Å². The van der Waals surface area contributed by atoms with Crippen LogP contribution in [0, 0.1) is 0 Å². The van der Waals surface area contributed by atoms with E-state index in [-0.39, 0.29) is 0 Å². The number of hydrogen-bond acceptors (Lipinski definition) is 2. The Balaban J connectivity index is 2.84. The van der Waals surface area contributed by atoms with Crippen molar-refractivity contribution in [2.75, 3.05) is 0 Å². The Labute approximate surface area is 66.3 Å². The first-order valence-corrected chi connectivity index (χ1v) is 3.61. The number of hydrogen-bond donors (Lipinski definition) is 0. The minimum Gasteiger partial charge on any atom is -0.444 e. The van der Waals surface area contributed by atoms with Gasteiger partial charge in [0.05, 0.1) is 0 Å². The lowest BCUT2D eigenvalue weighted by Crippen LogP contribution is -1.73.